The van der Waals surface area contributed by atoms with Crippen LogP contribution in [0.4, 0.5) is 0 Å². The fourth-order valence-electron chi connectivity index (χ4n) is 2.94. The number of carbonyl (C=O) groups is 2. The zero-order valence-electron chi connectivity index (χ0n) is 15.8. The van der Waals surface area contributed by atoms with Gasteiger partial charge in [0, 0.05) is 56.6 Å². The molecule has 0 N–H and O–H groups in total. The third-order valence-corrected chi connectivity index (χ3v) is 6.51. The monoisotopic (exact) mass is 403 g/mol. The summed E-state index contributed by atoms with van der Waals surface area (Å²) in [6.45, 7) is 4.20. The van der Waals surface area contributed by atoms with E-state index in [1.165, 1.54) is 16.6 Å². The molecule has 2 heterocycles. The number of piperazine rings is 1. The molecule has 144 valence electrons. The van der Waals surface area contributed by atoms with E-state index >= 15 is 0 Å². The molecule has 0 radical (unpaired) electrons. The lowest BCUT2D eigenvalue weighted by Crippen LogP contribution is -2.48. The molecule has 5 nitrogen and oxygen atoms in total. The van der Waals surface area contributed by atoms with E-state index in [-0.39, 0.29) is 11.8 Å². The van der Waals surface area contributed by atoms with Gasteiger partial charge in [0.2, 0.25) is 5.91 Å². The minimum absolute atomic E-state index is 0.0458. The summed E-state index contributed by atoms with van der Waals surface area (Å²) in [6, 6.07) is 11.8. The molecule has 2 aromatic rings. The number of carbonyl (C=O) groups excluding carboxylic acids is 2. The predicted octanol–water partition coefficient (Wildman–Crippen LogP) is 2.89. The molecule has 0 bridgehead atoms. The summed E-state index contributed by atoms with van der Waals surface area (Å²) in [5, 5.41) is 2.10. The molecule has 0 aliphatic carbocycles. The fourth-order valence-corrected chi connectivity index (χ4v) is 4.71. The second-order valence-corrected chi connectivity index (χ2v) is 8.77. The molecule has 0 spiro atoms. The van der Waals surface area contributed by atoms with Crippen LogP contribution in [0.25, 0.3) is 0 Å². The molecule has 0 saturated carbocycles. The average molecular weight is 404 g/mol. The van der Waals surface area contributed by atoms with Crippen LogP contribution in [0.3, 0.4) is 0 Å². The van der Waals surface area contributed by atoms with Gasteiger partial charge in [-0.2, -0.15) is 0 Å². The van der Waals surface area contributed by atoms with Crippen molar-refractivity contribution in [2.24, 2.45) is 0 Å². The Morgan fingerprint density at radius 3 is 2.48 bits per heavy atom. The normalized spacial score (nSPS) is 15.0. The smallest absolute Gasteiger partial charge is 0.255 e. The molecular weight excluding hydrogens is 378 g/mol. The van der Waals surface area contributed by atoms with Crippen LogP contribution in [0, 0.1) is 0 Å². The highest BCUT2D eigenvalue weighted by Gasteiger charge is 2.24. The van der Waals surface area contributed by atoms with Crippen molar-refractivity contribution in [1.82, 2.24) is 14.7 Å². The molecular formula is C20H25N3O2S2. The van der Waals surface area contributed by atoms with Crippen molar-refractivity contribution in [2.75, 3.05) is 46.0 Å². The number of nitrogens with zero attached hydrogens (tertiary/aromatic N) is 3. The summed E-state index contributed by atoms with van der Waals surface area (Å²) < 4.78 is 0. The van der Waals surface area contributed by atoms with Gasteiger partial charge >= 0.3 is 0 Å². The Balaban J connectivity index is 1.59. The number of rotatable bonds is 6. The van der Waals surface area contributed by atoms with E-state index in [0.717, 1.165) is 37.6 Å². The molecule has 0 atom stereocenters. The Morgan fingerprint density at radius 1 is 1.07 bits per heavy atom. The Kier molecular flexibility index (Phi) is 6.93. The molecule has 7 heteroatoms. The maximum atomic E-state index is 13.0. The highest BCUT2D eigenvalue weighted by molar-refractivity contribution is 8.00. The number of hydrogen-bond donors (Lipinski definition) is 0. The van der Waals surface area contributed by atoms with Crippen molar-refractivity contribution in [3.05, 3.63) is 52.2 Å². The van der Waals surface area contributed by atoms with E-state index in [4.69, 9.17) is 0 Å². The van der Waals surface area contributed by atoms with Crippen LogP contribution in [0.5, 0.6) is 0 Å². The van der Waals surface area contributed by atoms with Gasteiger partial charge in [0.05, 0.1) is 11.3 Å². The average Bonchev–Trinajstić information content (AvgIpc) is 3.19. The second kappa shape index (κ2) is 9.39. The Bertz CT molecular complexity index is 769. The van der Waals surface area contributed by atoms with Gasteiger partial charge < -0.3 is 9.80 Å². The highest BCUT2D eigenvalue weighted by atomic mass is 32.2. The van der Waals surface area contributed by atoms with Crippen LogP contribution < -0.4 is 0 Å². The van der Waals surface area contributed by atoms with Gasteiger partial charge in [0.15, 0.2) is 0 Å². The lowest BCUT2D eigenvalue weighted by molar-refractivity contribution is -0.125. The van der Waals surface area contributed by atoms with Crippen molar-refractivity contribution in [1.29, 1.82) is 0 Å². The number of amides is 2. The Hall–Kier alpha value is -1.83. The van der Waals surface area contributed by atoms with E-state index in [1.807, 2.05) is 29.2 Å². The highest BCUT2D eigenvalue weighted by Crippen LogP contribution is 2.25. The number of hydrogen-bond acceptors (Lipinski definition) is 5. The predicted molar refractivity (Wildman–Crippen MR) is 111 cm³/mol. The molecule has 1 aromatic heterocycles. The van der Waals surface area contributed by atoms with E-state index in [2.05, 4.69) is 22.4 Å². The third kappa shape index (κ3) is 5.34. The van der Waals surface area contributed by atoms with Gasteiger partial charge in [-0.3, -0.25) is 14.5 Å². The summed E-state index contributed by atoms with van der Waals surface area (Å²) in [5.74, 6) is 0.446. The van der Waals surface area contributed by atoms with Gasteiger partial charge in [0.25, 0.3) is 5.91 Å². The fraction of sp³-hybridized carbons (Fsp3) is 0.400. The summed E-state index contributed by atoms with van der Waals surface area (Å²) in [5.41, 5.74) is 0.695. The lowest BCUT2D eigenvalue weighted by Gasteiger charge is -2.34. The number of thioether (sulfide) groups is 1. The lowest BCUT2D eigenvalue weighted by atomic mass is 10.2. The molecule has 0 unspecified atom stereocenters. The molecule has 1 aliphatic heterocycles. The molecule has 1 aromatic carbocycles. The number of benzene rings is 1. The van der Waals surface area contributed by atoms with Crippen LogP contribution in [-0.4, -0.2) is 72.5 Å². The molecule has 1 saturated heterocycles. The topological polar surface area (TPSA) is 43.9 Å². The first-order chi connectivity index (χ1) is 13.0. The first-order valence-corrected chi connectivity index (χ1v) is 10.9. The van der Waals surface area contributed by atoms with Crippen molar-refractivity contribution in [3.63, 3.8) is 0 Å². The Labute approximate surface area is 168 Å². The van der Waals surface area contributed by atoms with Crippen LogP contribution in [-0.2, 0) is 11.3 Å². The van der Waals surface area contributed by atoms with Gasteiger partial charge in [-0.15, -0.1) is 23.1 Å². The van der Waals surface area contributed by atoms with Gasteiger partial charge in [-0.25, -0.2) is 0 Å². The third-order valence-electron chi connectivity index (χ3n) is 4.59. The first kappa shape index (κ1) is 19.9. The molecule has 2 amide bonds. The van der Waals surface area contributed by atoms with Gasteiger partial charge in [-0.05, 0) is 23.6 Å². The summed E-state index contributed by atoms with van der Waals surface area (Å²) in [6.07, 6.45) is 0. The molecule has 1 aliphatic rings. The Morgan fingerprint density at radius 2 is 1.81 bits per heavy atom. The van der Waals surface area contributed by atoms with Gasteiger partial charge in [-0.1, -0.05) is 18.2 Å². The van der Waals surface area contributed by atoms with Crippen molar-refractivity contribution in [2.45, 2.75) is 11.4 Å². The van der Waals surface area contributed by atoms with Crippen molar-refractivity contribution < 1.29 is 9.59 Å². The largest absolute Gasteiger partial charge is 0.348 e. The van der Waals surface area contributed by atoms with E-state index in [0.29, 0.717) is 11.3 Å². The van der Waals surface area contributed by atoms with E-state index in [9.17, 15) is 9.59 Å². The second-order valence-electron chi connectivity index (χ2n) is 6.72. The van der Waals surface area contributed by atoms with Crippen molar-refractivity contribution >= 4 is 34.9 Å². The standard InChI is InChI=1S/C20H25N3O2S2/c1-21(2)19(24)15-27-18-8-4-3-7-17(18)20(25)23-11-9-22(10-12-23)14-16-6-5-13-26-16/h3-8,13H,9-12,14-15H2,1-2H3. The summed E-state index contributed by atoms with van der Waals surface area (Å²) in [7, 11) is 3.49. The van der Waals surface area contributed by atoms with Crippen LogP contribution in [0.2, 0.25) is 0 Å². The zero-order valence-corrected chi connectivity index (χ0v) is 17.4. The first-order valence-electron chi connectivity index (χ1n) is 9.00. The molecule has 27 heavy (non-hydrogen) atoms. The maximum Gasteiger partial charge on any atom is 0.255 e. The summed E-state index contributed by atoms with van der Waals surface area (Å²) >= 11 is 3.21. The molecule has 3 rings (SSSR count). The van der Waals surface area contributed by atoms with Crippen LogP contribution in [0.1, 0.15) is 15.2 Å². The minimum Gasteiger partial charge on any atom is -0.348 e. The maximum absolute atomic E-state index is 13.0. The summed E-state index contributed by atoms with van der Waals surface area (Å²) in [4.78, 5) is 33.0. The quantitative estimate of drug-likeness (QED) is 0.696. The minimum atomic E-state index is 0.0458. The van der Waals surface area contributed by atoms with Crippen molar-refractivity contribution in [3.8, 4) is 0 Å². The van der Waals surface area contributed by atoms with Crippen LogP contribution >= 0.6 is 23.1 Å². The van der Waals surface area contributed by atoms with E-state index in [1.54, 1.807) is 30.3 Å². The number of thiophene rings is 1. The van der Waals surface area contributed by atoms with Gasteiger partial charge in [0.1, 0.15) is 0 Å². The SMILES string of the molecule is CN(C)C(=O)CSc1ccccc1C(=O)N1CCN(Cc2cccs2)CC1. The van der Waals surface area contributed by atoms with E-state index < -0.39 is 0 Å². The van der Waals surface area contributed by atoms with Crippen LogP contribution in [0.15, 0.2) is 46.7 Å². The molecule has 1 fully saturated rings. The zero-order chi connectivity index (χ0) is 19.2.